The van der Waals surface area contributed by atoms with E-state index in [4.69, 9.17) is 10.8 Å². The summed E-state index contributed by atoms with van der Waals surface area (Å²) in [6, 6.07) is -2.10. The molecule has 0 saturated heterocycles. The normalized spacial score (nSPS) is 14.5. The van der Waals surface area contributed by atoms with Crippen molar-refractivity contribution in [1.29, 1.82) is 0 Å². The average Bonchev–Trinajstić information content (AvgIpc) is 1.86. The third kappa shape index (κ3) is 3.02. The molecule has 0 aromatic rings. The minimum absolute atomic E-state index is 0.569. The molecule has 0 bridgehead atoms. The number of hydrogen-bond acceptors (Lipinski definition) is 3. The number of alkyl halides is 2. The molecular formula is C5H9F2NO2S. The first-order valence-corrected chi connectivity index (χ1v) is 4.16. The van der Waals surface area contributed by atoms with E-state index in [1.54, 1.807) is 0 Å². The van der Waals surface area contributed by atoms with Crippen LogP contribution < -0.4 is 5.73 Å². The topological polar surface area (TPSA) is 63.3 Å². The first-order valence-electron chi connectivity index (χ1n) is 2.77. The van der Waals surface area contributed by atoms with Gasteiger partial charge in [0.25, 0.3) is 5.92 Å². The molecule has 0 rings (SSSR count). The van der Waals surface area contributed by atoms with Crippen molar-refractivity contribution >= 4 is 17.7 Å². The van der Waals surface area contributed by atoms with E-state index in [2.05, 4.69) is 0 Å². The van der Waals surface area contributed by atoms with Gasteiger partial charge in [-0.25, -0.2) is 8.78 Å². The van der Waals surface area contributed by atoms with Crippen LogP contribution in [0.25, 0.3) is 0 Å². The van der Waals surface area contributed by atoms with Gasteiger partial charge in [-0.1, -0.05) is 0 Å². The van der Waals surface area contributed by atoms with Gasteiger partial charge in [0, 0.05) is 0 Å². The van der Waals surface area contributed by atoms with Crippen molar-refractivity contribution in [3.63, 3.8) is 0 Å². The zero-order valence-corrected chi connectivity index (χ0v) is 6.70. The molecular weight excluding hydrogens is 176 g/mol. The lowest BCUT2D eigenvalue weighted by molar-refractivity contribution is -0.146. The summed E-state index contributed by atoms with van der Waals surface area (Å²) in [5, 5.41) is 8.13. The molecule has 0 aliphatic heterocycles. The van der Waals surface area contributed by atoms with Gasteiger partial charge in [0.15, 0.2) is 6.04 Å². The van der Waals surface area contributed by atoms with Crippen molar-refractivity contribution in [2.45, 2.75) is 12.0 Å². The Morgan fingerprint density at radius 1 is 1.82 bits per heavy atom. The largest absolute Gasteiger partial charge is 0.480 e. The summed E-state index contributed by atoms with van der Waals surface area (Å²) < 4.78 is 25.1. The maximum absolute atomic E-state index is 12.5. The van der Waals surface area contributed by atoms with Crippen molar-refractivity contribution < 1.29 is 18.7 Å². The van der Waals surface area contributed by atoms with Gasteiger partial charge < -0.3 is 10.8 Å². The van der Waals surface area contributed by atoms with Gasteiger partial charge in [-0.15, -0.1) is 0 Å². The molecule has 0 fully saturated rings. The summed E-state index contributed by atoms with van der Waals surface area (Å²) in [6.07, 6.45) is 1.46. The van der Waals surface area contributed by atoms with E-state index >= 15 is 0 Å². The highest BCUT2D eigenvalue weighted by Crippen LogP contribution is 2.21. The number of aliphatic carboxylic acids is 1. The highest BCUT2D eigenvalue weighted by atomic mass is 32.2. The summed E-state index contributed by atoms with van der Waals surface area (Å²) in [4.78, 5) is 10.0. The standard InChI is InChI=1S/C5H9F2NO2S/c1-11-2-5(6,7)3(8)4(9)10/h3H,2,8H2,1H3,(H,9,10)/t3-/m1/s1. The SMILES string of the molecule is CSCC(F)(F)[C@H](N)C(=O)O. The molecule has 0 unspecified atom stereocenters. The third-order valence-electron chi connectivity index (χ3n) is 1.06. The number of thioether (sulfide) groups is 1. The highest BCUT2D eigenvalue weighted by molar-refractivity contribution is 7.98. The zero-order valence-electron chi connectivity index (χ0n) is 5.88. The van der Waals surface area contributed by atoms with E-state index in [0.717, 1.165) is 11.8 Å². The Labute approximate surface area is 66.9 Å². The molecule has 0 radical (unpaired) electrons. The quantitative estimate of drug-likeness (QED) is 0.665. The number of nitrogens with two attached hydrogens (primary N) is 1. The van der Waals surface area contributed by atoms with Crippen LogP contribution in [0.1, 0.15) is 0 Å². The van der Waals surface area contributed by atoms with Crippen LogP contribution >= 0.6 is 11.8 Å². The molecule has 0 aromatic heterocycles. The summed E-state index contributed by atoms with van der Waals surface area (Å²) >= 11 is 0.861. The van der Waals surface area contributed by atoms with Crippen LogP contribution in [0.15, 0.2) is 0 Å². The van der Waals surface area contributed by atoms with Crippen molar-refractivity contribution in [3.05, 3.63) is 0 Å². The molecule has 3 nitrogen and oxygen atoms in total. The molecule has 0 spiro atoms. The first-order chi connectivity index (χ1) is 4.91. The maximum Gasteiger partial charge on any atom is 0.326 e. The van der Waals surface area contributed by atoms with Crippen LogP contribution in [0.2, 0.25) is 0 Å². The molecule has 0 aliphatic carbocycles. The van der Waals surface area contributed by atoms with Crippen LogP contribution in [0, 0.1) is 0 Å². The van der Waals surface area contributed by atoms with E-state index in [1.807, 2.05) is 0 Å². The molecule has 6 heteroatoms. The number of hydrogen-bond donors (Lipinski definition) is 2. The van der Waals surface area contributed by atoms with E-state index in [-0.39, 0.29) is 0 Å². The Balaban J connectivity index is 4.16. The summed E-state index contributed by atoms with van der Waals surface area (Å²) in [5.74, 6) is -5.57. The lowest BCUT2D eigenvalue weighted by Crippen LogP contribution is -2.48. The lowest BCUT2D eigenvalue weighted by atomic mass is 10.2. The fourth-order valence-electron chi connectivity index (χ4n) is 0.463. The predicted octanol–water partition coefficient (Wildman–Crippen LogP) is 0.397. The molecule has 11 heavy (non-hydrogen) atoms. The van der Waals surface area contributed by atoms with E-state index in [9.17, 15) is 13.6 Å². The van der Waals surface area contributed by atoms with Gasteiger partial charge in [0.2, 0.25) is 0 Å². The predicted molar refractivity (Wildman–Crippen MR) is 38.9 cm³/mol. The van der Waals surface area contributed by atoms with Crippen molar-refractivity contribution in [2.24, 2.45) is 5.73 Å². The van der Waals surface area contributed by atoms with E-state index in [1.165, 1.54) is 6.26 Å². The van der Waals surface area contributed by atoms with Gasteiger partial charge in [0.05, 0.1) is 5.75 Å². The molecule has 0 saturated carbocycles. The zero-order chi connectivity index (χ0) is 9.07. The van der Waals surface area contributed by atoms with Crippen molar-refractivity contribution in [3.8, 4) is 0 Å². The molecule has 0 aliphatic rings. The number of rotatable bonds is 4. The van der Waals surface area contributed by atoms with Gasteiger partial charge in [-0.3, -0.25) is 4.79 Å². The van der Waals surface area contributed by atoms with E-state index in [0.29, 0.717) is 0 Å². The number of carboxylic acid groups (broad SMARTS) is 1. The van der Waals surface area contributed by atoms with Crippen LogP contribution in [-0.4, -0.2) is 35.0 Å². The minimum atomic E-state index is -3.33. The second kappa shape index (κ2) is 3.87. The first kappa shape index (κ1) is 10.6. The Hall–Kier alpha value is -0.360. The van der Waals surface area contributed by atoms with Gasteiger partial charge >= 0.3 is 5.97 Å². The molecule has 0 amide bonds. The molecule has 66 valence electrons. The second-order valence-electron chi connectivity index (χ2n) is 2.01. The molecule has 3 N–H and O–H groups in total. The monoisotopic (exact) mass is 185 g/mol. The molecule has 0 aromatic carbocycles. The molecule has 1 atom stereocenters. The van der Waals surface area contributed by atoms with Crippen molar-refractivity contribution in [1.82, 2.24) is 0 Å². The Kier molecular flexibility index (Phi) is 3.74. The Morgan fingerprint density at radius 2 is 2.27 bits per heavy atom. The van der Waals surface area contributed by atoms with Crippen LogP contribution in [0.4, 0.5) is 8.78 Å². The second-order valence-corrected chi connectivity index (χ2v) is 2.88. The smallest absolute Gasteiger partial charge is 0.326 e. The lowest BCUT2D eigenvalue weighted by Gasteiger charge is -2.18. The van der Waals surface area contributed by atoms with Crippen LogP contribution in [0.3, 0.4) is 0 Å². The fraction of sp³-hybridized carbons (Fsp3) is 0.800. The minimum Gasteiger partial charge on any atom is -0.480 e. The van der Waals surface area contributed by atoms with Gasteiger partial charge in [0.1, 0.15) is 0 Å². The third-order valence-corrected chi connectivity index (χ3v) is 1.73. The maximum atomic E-state index is 12.5. The van der Waals surface area contributed by atoms with Crippen LogP contribution in [0.5, 0.6) is 0 Å². The summed E-state index contributed by atoms with van der Waals surface area (Å²) in [5.41, 5.74) is 4.72. The summed E-state index contributed by atoms with van der Waals surface area (Å²) in [7, 11) is 0. The average molecular weight is 185 g/mol. The Bertz CT molecular complexity index is 153. The summed E-state index contributed by atoms with van der Waals surface area (Å²) in [6.45, 7) is 0. The Morgan fingerprint density at radius 3 is 2.55 bits per heavy atom. The number of halogens is 2. The number of carbonyl (C=O) groups is 1. The van der Waals surface area contributed by atoms with Crippen LogP contribution in [-0.2, 0) is 4.79 Å². The van der Waals surface area contributed by atoms with E-state index < -0.39 is 23.7 Å². The highest BCUT2D eigenvalue weighted by Gasteiger charge is 2.41. The van der Waals surface area contributed by atoms with Gasteiger partial charge in [-0.05, 0) is 6.26 Å². The number of carboxylic acids is 1. The van der Waals surface area contributed by atoms with Crippen molar-refractivity contribution in [2.75, 3.05) is 12.0 Å². The fourth-order valence-corrected chi connectivity index (χ4v) is 1.03. The molecule has 0 heterocycles. The van der Waals surface area contributed by atoms with Gasteiger partial charge in [-0.2, -0.15) is 11.8 Å².